The molecule has 1 aliphatic rings. The molecule has 1 aromatic carbocycles. The summed E-state index contributed by atoms with van der Waals surface area (Å²) < 4.78 is 5.25. The van der Waals surface area contributed by atoms with E-state index in [-0.39, 0.29) is 11.8 Å². The Hall–Kier alpha value is -2.44. The molecule has 2 amide bonds. The van der Waals surface area contributed by atoms with E-state index in [2.05, 4.69) is 10.3 Å². The molecule has 130 valence electrons. The number of morpholine rings is 1. The number of halogens is 1. The van der Waals surface area contributed by atoms with Crippen LogP contribution in [-0.2, 0) is 11.3 Å². The number of hydrogen-bond acceptors (Lipinski definition) is 4. The molecule has 25 heavy (non-hydrogen) atoms. The zero-order valence-electron chi connectivity index (χ0n) is 13.6. The number of carbonyl (C=O) groups is 2. The molecule has 1 N–H and O–H groups in total. The fourth-order valence-electron chi connectivity index (χ4n) is 2.55. The van der Waals surface area contributed by atoms with Crippen LogP contribution in [0.25, 0.3) is 0 Å². The molecular formula is C18H18ClN3O3. The lowest BCUT2D eigenvalue weighted by Crippen LogP contribution is -2.40. The highest BCUT2D eigenvalue weighted by atomic mass is 35.5. The second-order valence-corrected chi connectivity index (χ2v) is 6.05. The monoisotopic (exact) mass is 359 g/mol. The molecular weight excluding hydrogens is 342 g/mol. The third kappa shape index (κ3) is 4.35. The smallest absolute Gasteiger partial charge is 0.255 e. The minimum Gasteiger partial charge on any atom is -0.378 e. The summed E-state index contributed by atoms with van der Waals surface area (Å²) in [5, 5.41) is 3.39. The van der Waals surface area contributed by atoms with E-state index in [0.29, 0.717) is 49.0 Å². The van der Waals surface area contributed by atoms with Gasteiger partial charge in [0, 0.05) is 37.1 Å². The average Bonchev–Trinajstić information content (AvgIpc) is 2.67. The number of nitrogens with zero attached hydrogens (tertiary/aromatic N) is 2. The van der Waals surface area contributed by atoms with Gasteiger partial charge in [0.25, 0.3) is 11.8 Å². The molecule has 0 saturated carbocycles. The van der Waals surface area contributed by atoms with Gasteiger partial charge in [-0.05, 0) is 17.7 Å². The molecule has 0 atom stereocenters. The van der Waals surface area contributed by atoms with Gasteiger partial charge in [0.1, 0.15) is 0 Å². The number of benzene rings is 1. The molecule has 1 fully saturated rings. The van der Waals surface area contributed by atoms with E-state index in [1.807, 2.05) is 18.2 Å². The van der Waals surface area contributed by atoms with Gasteiger partial charge >= 0.3 is 0 Å². The van der Waals surface area contributed by atoms with Crippen molar-refractivity contribution in [2.24, 2.45) is 0 Å². The molecule has 0 unspecified atom stereocenters. The van der Waals surface area contributed by atoms with Crippen LogP contribution in [0, 0.1) is 0 Å². The molecule has 0 spiro atoms. The molecule has 6 nitrogen and oxygen atoms in total. The van der Waals surface area contributed by atoms with E-state index in [4.69, 9.17) is 16.3 Å². The van der Waals surface area contributed by atoms with Crippen LogP contribution in [0.1, 0.15) is 26.3 Å². The Balaban J connectivity index is 1.67. The minimum atomic E-state index is -0.302. The van der Waals surface area contributed by atoms with Gasteiger partial charge in [-0.15, -0.1) is 0 Å². The number of nitrogens with one attached hydrogen (secondary N) is 1. The molecule has 0 aliphatic carbocycles. The van der Waals surface area contributed by atoms with Crippen LogP contribution in [0.15, 0.2) is 42.7 Å². The first-order valence-electron chi connectivity index (χ1n) is 7.99. The minimum absolute atomic E-state index is 0.142. The van der Waals surface area contributed by atoms with Crippen LogP contribution in [0.5, 0.6) is 0 Å². The SMILES string of the molecule is O=C(NCc1ccccc1Cl)c1cncc(C(=O)N2CCOCC2)c1. The predicted octanol–water partition coefficient (Wildman–Crippen LogP) is 2.14. The second-order valence-electron chi connectivity index (χ2n) is 5.64. The third-order valence-corrected chi connectivity index (χ3v) is 4.31. The van der Waals surface area contributed by atoms with Gasteiger partial charge in [-0.25, -0.2) is 0 Å². The number of ether oxygens (including phenoxy) is 1. The lowest BCUT2D eigenvalue weighted by atomic mass is 10.1. The summed E-state index contributed by atoms with van der Waals surface area (Å²) in [4.78, 5) is 30.5. The fraction of sp³-hybridized carbons (Fsp3) is 0.278. The number of amides is 2. The van der Waals surface area contributed by atoms with Gasteiger partial charge in [0.2, 0.25) is 0 Å². The van der Waals surface area contributed by atoms with Crippen molar-refractivity contribution in [3.63, 3.8) is 0 Å². The summed E-state index contributed by atoms with van der Waals surface area (Å²) in [7, 11) is 0. The normalized spacial score (nSPS) is 14.2. The molecule has 1 saturated heterocycles. The van der Waals surface area contributed by atoms with Crippen LogP contribution in [0.4, 0.5) is 0 Å². The van der Waals surface area contributed by atoms with E-state index in [9.17, 15) is 9.59 Å². The highest BCUT2D eigenvalue weighted by Gasteiger charge is 2.20. The average molecular weight is 360 g/mol. The molecule has 2 aromatic rings. The van der Waals surface area contributed by atoms with Gasteiger partial charge in [-0.2, -0.15) is 0 Å². The van der Waals surface area contributed by atoms with Crippen molar-refractivity contribution < 1.29 is 14.3 Å². The van der Waals surface area contributed by atoms with Crippen molar-refractivity contribution in [1.82, 2.24) is 15.2 Å². The van der Waals surface area contributed by atoms with Crippen molar-refractivity contribution in [2.45, 2.75) is 6.54 Å². The van der Waals surface area contributed by atoms with Gasteiger partial charge in [0.05, 0.1) is 24.3 Å². The van der Waals surface area contributed by atoms with Crippen molar-refractivity contribution in [3.8, 4) is 0 Å². The molecule has 1 aromatic heterocycles. The van der Waals surface area contributed by atoms with Crippen LogP contribution < -0.4 is 5.32 Å². The summed E-state index contributed by atoms with van der Waals surface area (Å²) >= 11 is 6.08. The Morgan fingerprint density at radius 1 is 1.16 bits per heavy atom. The Labute approximate surface area is 150 Å². The van der Waals surface area contributed by atoms with Crippen LogP contribution in [-0.4, -0.2) is 48.0 Å². The second kappa shape index (κ2) is 8.09. The van der Waals surface area contributed by atoms with Crippen molar-refractivity contribution in [1.29, 1.82) is 0 Å². The quantitative estimate of drug-likeness (QED) is 0.907. The summed E-state index contributed by atoms with van der Waals surface area (Å²) in [5.41, 5.74) is 1.56. The number of aromatic nitrogens is 1. The van der Waals surface area contributed by atoms with E-state index in [1.165, 1.54) is 12.4 Å². The number of pyridine rings is 1. The van der Waals surface area contributed by atoms with Crippen molar-refractivity contribution in [2.75, 3.05) is 26.3 Å². The van der Waals surface area contributed by atoms with Gasteiger partial charge < -0.3 is 15.0 Å². The van der Waals surface area contributed by atoms with E-state index >= 15 is 0 Å². The van der Waals surface area contributed by atoms with Gasteiger partial charge in [-0.1, -0.05) is 29.8 Å². The van der Waals surface area contributed by atoms with E-state index in [1.54, 1.807) is 17.0 Å². The molecule has 1 aliphatic heterocycles. The first kappa shape index (κ1) is 17.4. The van der Waals surface area contributed by atoms with Crippen molar-refractivity contribution >= 4 is 23.4 Å². The maximum absolute atomic E-state index is 12.5. The first-order chi connectivity index (χ1) is 12.1. The Bertz CT molecular complexity index is 776. The molecule has 2 heterocycles. The summed E-state index contributed by atoms with van der Waals surface area (Å²) in [6.45, 7) is 2.44. The molecule has 0 radical (unpaired) electrons. The van der Waals surface area contributed by atoms with E-state index < -0.39 is 0 Å². The van der Waals surface area contributed by atoms with Crippen LogP contribution in [0.3, 0.4) is 0 Å². The number of hydrogen-bond donors (Lipinski definition) is 1. The van der Waals surface area contributed by atoms with Gasteiger partial charge in [0.15, 0.2) is 0 Å². The maximum Gasteiger partial charge on any atom is 0.255 e. The van der Waals surface area contributed by atoms with Crippen LogP contribution >= 0.6 is 11.6 Å². The predicted molar refractivity (Wildman–Crippen MR) is 93.6 cm³/mol. The summed E-state index contributed by atoms with van der Waals surface area (Å²) in [6, 6.07) is 8.87. The Morgan fingerprint density at radius 2 is 1.88 bits per heavy atom. The molecule has 0 bridgehead atoms. The number of rotatable bonds is 4. The van der Waals surface area contributed by atoms with Crippen LogP contribution in [0.2, 0.25) is 5.02 Å². The Morgan fingerprint density at radius 3 is 2.64 bits per heavy atom. The van der Waals surface area contributed by atoms with E-state index in [0.717, 1.165) is 5.56 Å². The lowest BCUT2D eigenvalue weighted by Gasteiger charge is -2.26. The van der Waals surface area contributed by atoms with Crippen molar-refractivity contribution in [3.05, 3.63) is 64.4 Å². The highest BCUT2D eigenvalue weighted by molar-refractivity contribution is 6.31. The summed E-state index contributed by atoms with van der Waals surface area (Å²) in [6.07, 6.45) is 2.92. The zero-order chi connectivity index (χ0) is 17.6. The third-order valence-electron chi connectivity index (χ3n) is 3.94. The topological polar surface area (TPSA) is 71.5 Å². The molecule has 3 rings (SSSR count). The fourth-order valence-corrected chi connectivity index (χ4v) is 2.75. The largest absolute Gasteiger partial charge is 0.378 e. The zero-order valence-corrected chi connectivity index (χ0v) is 14.3. The molecule has 7 heteroatoms. The van der Waals surface area contributed by atoms with Gasteiger partial charge in [-0.3, -0.25) is 14.6 Å². The standard InChI is InChI=1S/C18H18ClN3O3/c19-16-4-2-1-3-13(16)12-21-17(23)14-9-15(11-20-10-14)18(24)22-5-7-25-8-6-22/h1-4,9-11H,5-8,12H2,(H,21,23). The highest BCUT2D eigenvalue weighted by Crippen LogP contribution is 2.15. The Kier molecular flexibility index (Phi) is 5.63. The first-order valence-corrected chi connectivity index (χ1v) is 8.36. The summed E-state index contributed by atoms with van der Waals surface area (Å²) in [5.74, 6) is -0.444. The lowest BCUT2D eigenvalue weighted by molar-refractivity contribution is 0.0302. The number of carbonyl (C=O) groups excluding carboxylic acids is 2. The maximum atomic E-state index is 12.5.